The summed E-state index contributed by atoms with van der Waals surface area (Å²) in [5, 5.41) is 0.848. The molecule has 0 aromatic heterocycles. The second-order valence-corrected chi connectivity index (χ2v) is 8.95. The zero-order valence-corrected chi connectivity index (χ0v) is 16.8. The van der Waals surface area contributed by atoms with Crippen LogP contribution in [0.4, 0.5) is 11.4 Å². The first-order valence-electron chi connectivity index (χ1n) is 10.7. The van der Waals surface area contributed by atoms with Crippen molar-refractivity contribution in [1.29, 1.82) is 0 Å². The maximum absolute atomic E-state index is 6.44. The highest BCUT2D eigenvalue weighted by Gasteiger charge is 2.35. The SMILES string of the molecule is Clc1ccc2c(c1)N(C[C@H]1CCCN3CCCC[C@H]13)c1ccccc1CC2. The Morgan fingerprint density at radius 3 is 2.59 bits per heavy atom. The van der Waals surface area contributed by atoms with Crippen molar-refractivity contribution in [1.82, 2.24) is 4.90 Å². The van der Waals surface area contributed by atoms with Crippen LogP contribution >= 0.6 is 11.6 Å². The lowest BCUT2D eigenvalue weighted by Crippen LogP contribution is -2.50. The number of anilines is 2. The number of piperidine rings is 2. The average Bonchev–Trinajstić information content (AvgIpc) is 2.86. The Balaban J connectivity index is 1.53. The van der Waals surface area contributed by atoms with Crippen LogP contribution in [0, 0.1) is 5.92 Å². The molecular formula is C24H29ClN2. The maximum Gasteiger partial charge on any atom is 0.0458 e. The molecule has 3 heteroatoms. The summed E-state index contributed by atoms with van der Waals surface area (Å²) in [5.41, 5.74) is 5.64. The van der Waals surface area contributed by atoms with Crippen molar-refractivity contribution in [2.75, 3.05) is 24.5 Å². The molecule has 2 atom stereocenters. The van der Waals surface area contributed by atoms with E-state index in [1.54, 1.807) is 0 Å². The molecule has 0 radical (unpaired) electrons. The van der Waals surface area contributed by atoms with Gasteiger partial charge in [0.2, 0.25) is 0 Å². The number of para-hydroxylation sites is 1. The molecule has 3 aliphatic heterocycles. The summed E-state index contributed by atoms with van der Waals surface area (Å²) in [6.07, 6.45) is 9.07. The summed E-state index contributed by atoms with van der Waals surface area (Å²) in [5.74, 6) is 0.747. The van der Waals surface area contributed by atoms with E-state index in [0.29, 0.717) is 0 Å². The number of fused-ring (bicyclic) bond motifs is 3. The predicted octanol–water partition coefficient (Wildman–Crippen LogP) is 5.84. The molecule has 0 N–H and O–H groups in total. The second kappa shape index (κ2) is 7.48. The van der Waals surface area contributed by atoms with E-state index in [4.69, 9.17) is 11.6 Å². The van der Waals surface area contributed by atoms with Crippen LogP contribution in [0.2, 0.25) is 5.02 Å². The van der Waals surface area contributed by atoms with Crippen LogP contribution in [0.15, 0.2) is 42.5 Å². The predicted molar refractivity (Wildman–Crippen MR) is 114 cm³/mol. The van der Waals surface area contributed by atoms with E-state index in [-0.39, 0.29) is 0 Å². The Morgan fingerprint density at radius 2 is 1.67 bits per heavy atom. The van der Waals surface area contributed by atoms with Crippen molar-refractivity contribution in [2.45, 2.75) is 51.0 Å². The van der Waals surface area contributed by atoms with Gasteiger partial charge in [0, 0.05) is 29.0 Å². The molecule has 2 nitrogen and oxygen atoms in total. The molecule has 142 valence electrons. The lowest BCUT2D eigenvalue weighted by atomic mass is 9.83. The van der Waals surface area contributed by atoms with E-state index in [1.165, 1.54) is 67.7 Å². The Kier molecular flexibility index (Phi) is 4.87. The third-order valence-electron chi connectivity index (χ3n) is 6.93. The topological polar surface area (TPSA) is 6.48 Å². The molecule has 2 aromatic carbocycles. The van der Waals surface area contributed by atoms with Crippen LogP contribution in [0.1, 0.15) is 43.2 Å². The van der Waals surface area contributed by atoms with Crippen LogP contribution in [-0.2, 0) is 12.8 Å². The fourth-order valence-electron chi connectivity index (χ4n) is 5.61. The number of hydrogen-bond acceptors (Lipinski definition) is 2. The van der Waals surface area contributed by atoms with E-state index in [2.05, 4.69) is 52.3 Å². The first kappa shape index (κ1) is 17.6. The van der Waals surface area contributed by atoms with E-state index in [0.717, 1.165) is 36.4 Å². The van der Waals surface area contributed by atoms with Gasteiger partial charge in [0.25, 0.3) is 0 Å². The van der Waals surface area contributed by atoms with Gasteiger partial charge >= 0.3 is 0 Å². The molecule has 3 heterocycles. The summed E-state index contributed by atoms with van der Waals surface area (Å²) in [6.45, 7) is 3.73. The summed E-state index contributed by atoms with van der Waals surface area (Å²) in [4.78, 5) is 5.38. The Labute approximate surface area is 168 Å². The van der Waals surface area contributed by atoms with Crippen LogP contribution in [-0.4, -0.2) is 30.6 Å². The quantitative estimate of drug-likeness (QED) is 0.645. The van der Waals surface area contributed by atoms with Crippen molar-refractivity contribution in [2.24, 2.45) is 5.92 Å². The lowest BCUT2D eigenvalue weighted by molar-refractivity contribution is 0.0632. The third-order valence-corrected chi connectivity index (χ3v) is 7.17. The maximum atomic E-state index is 6.44. The molecule has 2 fully saturated rings. The minimum Gasteiger partial charge on any atom is -0.341 e. The molecule has 2 saturated heterocycles. The van der Waals surface area contributed by atoms with Gasteiger partial charge < -0.3 is 9.80 Å². The number of benzene rings is 2. The minimum atomic E-state index is 0.747. The molecular weight excluding hydrogens is 352 g/mol. The van der Waals surface area contributed by atoms with Gasteiger partial charge in [-0.2, -0.15) is 0 Å². The van der Waals surface area contributed by atoms with Gasteiger partial charge in [-0.15, -0.1) is 0 Å². The first-order chi connectivity index (χ1) is 13.3. The summed E-state index contributed by atoms with van der Waals surface area (Å²) in [7, 11) is 0. The Morgan fingerprint density at radius 1 is 0.852 bits per heavy atom. The van der Waals surface area contributed by atoms with Crippen molar-refractivity contribution in [3.8, 4) is 0 Å². The molecule has 27 heavy (non-hydrogen) atoms. The number of aryl methyl sites for hydroxylation is 2. The van der Waals surface area contributed by atoms with E-state index >= 15 is 0 Å². The monoisotopic (exact) mass is 380 g/mol. The van der Waals surface area contributed by atoms with Gasteiger partial charge in [0.1, 0.15) is 0 Å². The van der Waals surface area contributed by atoms with Gasteiger partial charge in [0.05, 0.1) is 0 Å². The molecule has 3 aliphatic rings. The standard InChI is InChI=1S/C24H29ClN2/c25-21-13-12-19-11-10-18-6-1-2-9-23(18)27(24(19)16-21)17-20-7-5-15-26-14-4-3-8-22(20)26/h1-2,6,9,12-13,16,20,22H,3-5,7-8,10-11,14-15,17H2/t20-,22-/m1/s1. The molecule has 0 amide bonds. The normalized spacial score (nSPS) is 25.3. The third kappa shape index (κ3) is 3.39. The van der Waals surface area contributed by atoms with E-state index in [1.807, 2.05) is 0 Å². The lowest BCUT2D eigenvalue weighted by Gasteiger charge is -2.46. The Bertz CT molecular complexity index is 816. The first-order valence-corrected chi connectivity index (χ1v) is 11.1. The van der Waals surface area contributed by atoms with Gasteiger partial charge in [-0.05, 0) is 86.9 Å². The van der Waals surface area contributed by atoms with Gasteiger partial charge in [-0.25, -0.2) is 0 Å². The summed E-state index contributed by atoms with van der Waals surface area (Å²) in [6, 6.07) is 16.3. The highest BCUT2D eigenvalue weighted by atomic mass is 35.5. The largest absolute Gasteiger partial charge is 0.341 e. The fourth-order valence-corrected chi connectivity index (χ4v) is 5.77. The average molecular weight is 381 g/mol. The minimum absolute atomic E-state index is 0.747. The molecule has 5 rings (SSSR count). The zero-order chi connectivity index (χ0) is 18.2. The number of nitrogens with zero attached hydrogens (tertiary/aromatic N) is 2. The zero-order valence-electron chi connectivity index (χ0n) is 16.0. The molecule has 2 aromatic rings. The van der Waals surface area contributed by atoms with Gasteiger partial charge in [0.15, 0.2) is 0 Å². The van der Waals surface area contributed by atoms with Gasteiger partial charge in [-0.1, -0.05) is 42.3 Å². The van der Waals surface area contributed by atoms with Crippen molar-refractivity contribution < 1.29 is 0 Å². The number of rotatable bonds is 2. The van der Waals surface area contributed by atoms with E-state index in [9.17, 15) is 0 Å². The van der Waals surface area contributed by atoms with Crippen LogP contribution in [0.5, 0.6) is 0 Å². The summed E-state index contributed by atoms with van der Waals surface area (Å²) >= 11 is 6.44. The fraction of sp³-hybridized carbons (Fsp3) is 0.500. The van der Waals surface area contributed by atoms with Crippen molar-refractivity contribution in [3.63, 3.8) is 0 Å². The second-order valence-electron chi connectivity index (χ2n) is 8.51. The molecule has 0 aliphatic carbocycles. The van der Waals surface area contributed by atoms with Gasteiger partial charge in [-0.3, -0.25) is 0 Å². The highest BCUT2D eigenvalue weighted by Crippen LogP contribution is 2.40. The van der Waals surface area contributed by atoms with Crippen molar-refractivity contribution >= 4 is 23.0 Å². The van der Waals surface area contributed by atoms with E-state index < -0.39 is 0 Å². The molecule has 0 spiro atoms. The molecule has 0 bridgehead atoms. The van der Waals surface area contributed by atoms with Crippen LogP contribution < -0.4 is 4.90 Å². The van der Waals surface area contributed by atoms with Crippen LogP contribution in [0.25, 0.3) is 0 Å². The number of hydrogen-bond donors (Lipinski definition) is 0. The highest BCUT2D eigenvalue weighted by molar-refractivity contribution is 6.30. The molecule has 0 saturated carbocycles. The summed E-state index contributed by atoms with van der Waals surface area (Å²) < 4.78 is 0. The smallest absolute Gasteiger partial charge is 0.0458 e. The van der Waals surface area contributed by atoms with Crippen molar-refractivity contribution in [3.05, 3.63) is 58.6 Å². The molecule has 0 unspecified atom stereocenters. The Hall–Kier alpha value is -1.51. The van der Waals surface area contributed by atoms with Crippen LogP contribution in [0.3, 0.4) is 0 Å². The number of halogens is 1.